The lowest BCUT2D eigenvalue weighted by molar-refractivity contribution is -0.115. The molecular formula is C21H21N3OS3. The van der Waals surface area contributed by atoms with Crippen molar-refractivity contribution in [3.63, 3.8) is 0 Å². The fraction of sp³-hybridized carbons (Fsp3) is 0.381. The Bertz CT molecular complexity index is 930. The molecule has 28 heavy (non-hydrogen) atoms. The van der Waals surface area contributed by atoms with Gasteiger partial charge in [-0.15, -0.1) is 11.3 Å². The maximum absolute atomic E-state index is 12.4. The molecule has 1 N–H and O–H groups in total. The number of fused-ring (bicyclic) bond motifs is 1. The number of nitrogens with one attached hydrogen (secondary N) is 1. The largest absolute Gasteiger partial charge is 0.317 e. The van der Waals surface area contributed by atoms with E-state index in [9.17, 15) is 10.1 Å². The van der Waals surface area contributed by atoms with E-state index in [0.29, 0.717) is 17.9 Å². The number of thioether (sulfide) groups is 2. The van der Waals surface area contributed by atoms with Gasteiger partial charge in [-0.1, -0.05) is 53.9 Å². The van der Waals surface area contributed by atoms with Crippen molar-refractivity contribution >= 4 is 50.1 Å². The molecule has 1 atom stereocenters. The van der Waals surface area contributed by atoms with E-state index < -0.39 is 0 Å². The molecule has 1 amide bonds. The Hall–Kier alpha value is -1.75. The van der Waals surface area contributed by atoms with Crippen LogP contribution in [0.5, 0.6) is 0 Å². The number of carbonyl (C=O) groups excluding carboxylic acids is 1. The quantitative estimate of drug-likeness (QED) is 0.725. The third-order valence-electron chi connectivity index (χ3n) is 5.01. The van der Waals surface area contributed by atoms with Gasteiger partial charge in [0, 0.05) is 22.8 Å². The van der Waals surface area contributed by atoms with Gasteiger partial charge >= 0.3 is 0 Å². The highest BCUT2D eigenvalue weighted by Gasteiger charge is 2.27. The lowest BCUT2D eigenvalue weighted by Crippen LogP contribution is -2.13. The number of hydrogen-bond donors (Lipinski definition) is 1. The van der Waals surface area contributed by atoms with Crippen LogP contribution in [0, 0.1) is 11.3 Å². The molecule has 0 saturated heterocycles. The lowest BCUT2D eigenvalue weighted by Gasteiger charge is -2.22. The third kappa shape index (κ3) is 4.45. The highest BCUT2D eigenvalue weighted by atomic mass is 32.2. The summed E-state index contributed by atoms with van der Waals surface area (Å²) in [7, 11) is 0. The van der Waals surface area contributed by atoms with Gasteiger partial charge in [0.25, 0.3) is 0 Å². The summed E-state index contributed by atoms with van der Waals surface area (Å²) in [5, 5.41) is 13.4. The molecule has 0 saturated carbocycles. The Morgan fingerprint density at radius 2 is 2.21 bits per heavy atom. The zero-order chi connectivity index (χ0) is 19.3. The van der Waals surface area contributed by atoms with Gasteiger partial charge in [-0.05, 0) is 36.3 Å². The predicted molar refractivity (Wildman–Crippen MR) is 121 cm³/mol. The number of rotatable bonds is 5. The van der Waals surface area contributed by atoms with Crippen LogP contribution >= 0.6 is 34.9 Å². The summed E-state index contributed by atoms with van der Waals surface area (Å²) in [6.45, 7) is 0.884. The first-order valence-corrected chi connectivity index (χ1v) is 12.2. The predicted octanol–water partition coefficient (Wildman–Crippen LogP) is 5.06. The van der Waals surface area contributed by atoms with Gasteiger partial charge in [0.2, 0.25) is 5.91 Å². The number of benzene rings is 1. The average Bonchev–Trinajstić information content (AvgIpc) is 3.35. The van der Waals surface area contributed by atoms with Crippen LogP contribution in [0.4, 0.5) is 5.00 Å². The van der Waals surface area contributed by atoms with Crippen LogP contribution in [-0.2, 0) is 17.6 Å². The summed E-state index contributed by atoms with van der Waals surface area (Å²) in [6.07, 6.45) is 3.33. The Morgan fingerprint density at radius 1 is 1.36 bits per heavy atom. The molecule has 0 bridgehead atoms. The van der Waals surface area contributed by atoms with Crippen LogP contribution in [0.3, 0.4) is 0 Å². The van der Waals surface area contributed by atoms with Crippen LogP contribution < -0.4 is 5.32 Å². The van der Waals surface area contributed by atoms with E-state index in [2.05, 4.69) is 40.6 Å². The molecule has 2 aromatic rings. The summed E-state index contributed by atoms with van der Waals surface area (Å²) in [6, 6.07) is 12.9. The Labute approximate surface area is 177 Å². The SMILES string of the molecule is N#Cc1c(NC(=O)CCSC2=NCCS2)sc2c1CCC(c1ccccc1)C2. The standard InChI is InChI=1S/C21H21N3OS3/c22-13-17-16-7-6-15(14-4-2-1-3-5-14)12-18(16)28-20(17)24-19(25)8-10-26-21-23-9-11-27-21/h1-5,15H,6-12H2,(H,24,25). The first kappa shape index (κ1) is 19.6. The lowest BCUT2D eigenvalue weighted by atomic mass is 9.83. The molecule has 0 radical (unpaired) electrons. The number of anilines is 1. The number of amides is 1. The van der Waals surface area contributed by atoms with Gasteiger partial charge < -0.3 is 5.32 Å². The molecular weight excluding hydrogens is 406 g/mol. The first-order chi connectivity index (χ1) is 13.7. The van der Waals surface area contributed by atoms with Gasteiger partial charge in [-0.3, -0.25) is 9.79 Å². The second kappa shape index (κ2) is 9.17. The molecule has 7 heteroatoms. The zero-order valence-electron chi connectivity index (χ0n) is 15.4. The highest BCUT2D eigenvalue weighted by Crippen LogP contribution is 2.42. The third-order valence-corrected chi connectivity index (χ3v) is 8.44. The number of hydrogen-bond acceptors (Lipinski definition) is 6. The van der Waals surface area contributed by atoms with Crippen LogP contribution in [0.2, 0.25) is 0 Å². The molecule has 1 aromatic heterocycles. The van der Waals surface area contributed by atoms with Crippen LogP contribution in [0.1, 0.15) is 40.3 Å². The smallest absolute Gasteiger partial charge is 0.225 e. The minimum absolute atomic E-state index is 0.0224. The molecule has 2 aliphatic rings. The average molecular weight is 428 g/mol. The number of nitrogens with zero attached hydrogens (tertiary/aromatic N) is 2. The van der Waals surface area contributed by atoms with E-state index in [0.717, 1.165) is 52.3 Å². The van der Waals surface area contributed by atoms with Crippen molar-refractivity contribution in [3.05, 3.63) is 51.9 Å². The number of aliphatic imine (C=N–C) groups is 1. The van der Waals surface area contributed by atoms with Crippen molar-refractivity contribution in [2.75, 3.05) is 23.4 Å². The molecule has 1 aliphatic heterocycles. The van der Waals surface area contributed by atoms with Gasteiger partial charge in [0.15, 0.2) is 0 Å². The van der Waals surface area contributed by atoms with E-state index >= 15 is 0 Å². The number of carbonyl (C=O) groups is 1. The second-order valence-electron chi connectivity index (χ2n) is 6.81. The summed E-state index contributed by atoms with van der Waals surface area (Å²) >= 11 is 4.99. The Balaban J connectivity index is 1.40. The normalized spacial score (nSPS) is 18.2. The zero-order valence-corrected chi connectivity index (χ0v) is 17.9. The topological polar surface area (TPSA) is 65.2 Å². The summed E-state index contributed by atoms with van der Waals surface area (Å²) < 4.78 is 1.09. The maximum atomic E-state index is 12.4. The van der Waals surface area contributed by atoms with Crippen LogP contribution in [0.25, 0.3) is 0 Å². The van der Waals surface area contributed by atoms with Crippen molar-refractivity contribution in [2.24, 2.45) is 4.99 Å². The van der Waals surface area contributed by atoms with E-state index in [4.69, 9.17) is 0 Å². The van der Waals surface area contributed by atoms with Crippen molar-refractivity contribution in [2.45, 2.75) is 31.6 Å². The Morgan fingerprint density at radius 3 is 2.96 bits per heavy atom. The Kier molecular flexibility index (Phi) is 6.40. The molecule has 0 spiro atoms. The van der Waals surface area contributed by atoms with Crippen molar-refractivity contribution in [1.29, 1.82) is 5.26 Å². The molecule has 2 heterocycles. The molecule has 1 aliphatic carbocycles. The summed E-state index contributed by atoms with van der Waals surface area (Å²) in [5.74, 6) is 2.24. The molecule has 1 unspecified atom stereocenters. The molecule has 4 rings (SSSR count). The monoisotopic (exact) mass is 427 g/mol. The van der Waals surface area contributed by atoms with E-state index in [1.807, 2.05) is 6.07 Å². The second-order valence-corrected chi connectivity index (χ2v) is 10.3. The van der Waals surface area contributed by atoms with Crippen LogP contribution in [0.15, 0.2) is 35.3 Å². The number of thiophene rings is 1. The molecule has 1 aromatic carbocycles. The fourth-order valence-corrected chi connectivity index (χ4v) is 6.94. The summed E-state index contributed by atoms with van der Waals surface area (Å²) in [4.78, 5) is 18.0. The van der Waals surface area contributed by atoms with Gasteiger partial charge in [0.05, 0.1) is 12.1 Å². The fourth-order valence-electron chi connectivity index (χ4n) is 3.62. The van der Waals surface area contributed by atoms with Crippen molar-refractivity contribution in [1.82, 2.24) is 0 Å². The van der Waals surface area contributed by atoms with E-state index in [1.54, 1.807) is 34.9 Å². The van der Waals surface area contributed by atoms with Gasteiger partial charge in [-0.25, -0.2) is 0 Å². The van der Waals surface area contributed by atoms with Crippen LogP contribution in [-0.4, -0.2) is 28.3 Å². The number of nitriles is 1. The first-order valence-electron chi connectivity index (χ1n) is 9.44. The maximum Gasteiger partial charge on any atom is 0.225 e. The molecule has 4 nitrogen and oxygen atoms in total. The van der Waals surface area contributed by atoms with Gasteiger partial charge in [0.1, 0.15) is 15.4 Å². The van der Waals surface area contributed by atoms with E-state index in [-0.39, 0.29) is 5.91 Å². The minimum Gasteiger partial charge on any atom is -0.317 e. The van der Waals surface area contributed by atoms with Crippen molar-refractivity contribution in [3.8, 4) is 6.07 Å². The summed E-state index contributed by atoms with van der Waals surface area (Å²) in [5.41, 5.74) is 3.17. The van der Waals surface area contributed by atoms with Gasteiger partial charge in [-0.2, -0.15) is 5.26 Å². The molecule has 144 valence electrons. The molecule has 0 fully saturated rings. The minimum atomic E-state index is -0.0224. The highest BCUT2D eigenvalue weighted by molar-refractivity contribution is 8.39. The van der Waals surface area contributed by atoms with Crippen molar-refractivity contribution < 1.29 is 4.79 Å². The van der Waals surface area contributed by atoms with E-state index in [1.165, 1.54) is 10.4 Å².